The minimum Gasteiger partial charge on any atom is -0.253 e. The Bertz CT molecular complexity index is 492. The molecule has 3 rings (SSSR count). The van der Waals surface area contributed by atoms with E-state index in [1.165, 1.54) is 12.8 Å². The monoisotopic (exact) mass is 248 g/mol. The largest absolute Gasteiger partial charge is 0.253 e. The molecule has 0 bridgehead atoms. The molecular weight excluding hydrogens is 240 g/mol. The quantitative estimate of drug-likeness (QED) is 0.775. The van der Waals surface area contributed by atoms with Crippen LogP contribution in [0.5, 0.6) is 0 Å². The summed E-state index contributed by atoms with van der Waals surface area (Å²) >= 11 is 3.42. The summed E-state index contributed by atoms with van der Waals surface area (Å²) in [5.41, 5.74) is 3.11. The van der Waals surface area contributed by atoms with Crippen LogP contribution in [0, 0.1) is 0 Å². The Hall–Kier alpha value is -0.960. The van der Waals surface area contributed by atoms with Crippen LogP contribution in [0.25, 0.3) is 11.0 Å². The van der Waals surface area contributed by atoms with Gasteiger partial charge >= 0.3 is 0 Å². The topological polar surface area (TPSA) is 25.8 Å². The second-order valence-corrected chi connectivity index (χ2v) is 4.62. The van der Waals surface area contributed by atoms with Crippen molar-refractivity contribution in [1.82, 2.24) is 9.97 Å². The van der Waals surface area contributed by atoms with Crippen molar-refractivity contribution in [3.05, 3.63) is 34.6 Å². The molecule has 1 aromatic carbocycles. The number of rotatable bonds is 1. The van der Waals surface area contributed by atoms with E-state index in [9.17, 15) is 0 Å². The molecule has 0 radical (unpaired) electrons. The van der Waals surface area contributed by atoms with Gasteiger partial charge in [0.05, 0.1) is 16.7 Å². The van der Waals surface area contributed by atoms with E-state index in [1.54, 1.807) is 0 Å². The van der Waals surface area contributed by atoms with Crippen molar-refractivity contribution in [1.29, 1.82) is 0 Å². The van der Waals surface area contributed by atoms with E-state index in [-0.39, 0.29) is 0 Å². The van der Waals surface area contributed by atoms with E-state index >= 15 is 0 Å². The molecule has 70 valence electrons. The Kier molecular flexibility index (Phi) is 1.80. The second-order valence-electron chi connectivity index (χ2n) is 3.70. The zero-order valence-electron chi connectivity index (χ0n) is 7.57. The summed E-state index contributed by atoms with van der Waals surface area (Å²) < 4.78 is 1.05. The molecule has 1 heterocycles. The average molecular weight is 249 g/mol. The predicted octanol–water partition coefficient (Wildman–Crippen LogP) is 3.27. The zero-order chi connectivity index (χ0) is 9.54. The summed E-state index contributed by atoms with van der Waals surface area (Å²) in [4.78, 5) is 9.01. The van der Waals surface area contributed by atoms with Gasteiger partial charge in [0.2, 0.25) is 0 Å². The molecule has 0 saturated heterocycles. The van der Waals surface area contributed by atoms with Crippen LogP contribution in [0.2, 0.25) is 0 Å². The lowest BCUT2D eigenvalue weighted by molar-refractivity contribution is 1.02. The van der Waals surface area contributed by atoms with E-state index in [2.05, 4.69) is 25.9 Å². The number of hydrogen-bond donors (Lipinski definition) is 0. The van der Waals surface area contributed by atoms with Gasteiger partial charge in [0, 0.05) is 16.6 Å². The smallest absolute Gasteiger partial charge is 0.0898 e. The highest BCUT2D eigenvalue weighted by molar-refractivity contribution is 9.10. The first-order valence-corrected chi connectivity index (χ1v) is 5.54. The standard InChI is InChI=1S/C11H9BrN2/c12-8-3-4-9-10(5-8)13-6-11(14-9)7-1-2-7/h3-7H,1-2H2. The van der Waals surface area contributed by atoms with Crippen LogP contribution in [0.3, 0.4) is 0 Å². The molecular formula is C11H9BrN2. The van der Waals surface area contributed by atoms with Crippen LogP contribution in [-0.4, -0.2) is 9.97 Å². The first kappa shape index (κ1) is 8.36. The molecule has 1 fully saturated rings. The molecule has 0 spiro atoms. The molecule has 0 N–H and O–H groups in total. The van der Waals surface area contributed by atoms with E-state index in [4.69, 9.17) is 0 Å². The van der Waals surface area contributed by atoms with Crippen LogP contribution in [-0.2, 0) is 0 Å². The summed E-state index contributed by atoms with van der Waals surface area (Å²) in [5, 5.41) is 0. The van der Waals surface area contributed by atoms with Crippen LogP contribution >= 0.6 is 15.9 Å². The van der Waals surface area contributed by atoms with Crippen LogP contribution < -0.4 is 0 Å². The third kappa shape index (κ3) is 1.42. The third-order valence-electron chi connectivity index (χ3n) is 2.52. The van der Waals surface area contributed by atoms with Crippen LogP contribution in [0.15, 0.2) is 28.9 Å². The van der Waals surface area contributed by atoms with Crippen molar-refractivity contribution in [2.24, 2.45) is 0 Å². The fourth-order valence-electron chi connectivity index (χ4n) is 1.57. The summed E-state index contributed by atoms with van der Waals surface area (Å²) in [7, 11) is 0. The second kappa shape index (κ2) is 3.02. The number of fused-ring (bicyclic) bond motifs is 1. The highest BCUT2D eigenvalue weighted by Gasteiger charge is 2.25. The van der Waals surface area contributed by atoms with Crippen molar-refractivity contribution in [2.75, 3.05) is 0 Å². The molecule has 1 aromatic heterocycles. The van der Waals surface area contributed by atoms with Gasteiger partial charge in [0.1, 0.15) is 0 Å². The summed E-state index contributed by atoms with van der Waals surface area (Å²) in [6.07, 6.45) is 4.46. The van der Waals surface area contributed by atoms with E-state index < -0.39 is 0 Å². The maximum Gasteiger partial charge on any atom is 0.0898 e. The fraction of sp³-hybridized carbons (Fsp3) is 0.273. The lowest BCUT2D eigenvalue weighted by Crippen LogP contribution is -1.90. The van der Waals surface area contributed by atoms with Gasteiger partial charge in [-0.1, -0.05) is 15.9 Å². The summed E-state index contributed by atoms with van der Waals surface area (Å²) in [6, 6.07) is 6.02. The maximum absolute atomic E-state index is 4.60. The number of benzene rings is 1. The van der Waals surface area contributed by atoms with Crippen molar-refractivity contribution < 1.29 is 0 Å². The Morgan fingerprint density at radius 3 is 2.86 bits per heavy atom. The number of aromatic nitrogens is 2. The minimum absolute atomic E-state index is 0.676. The fourth-order valence-corrected chi connectivity index (χ4v) is 1.92. The van der Waals surface area contributed by atoms with Gasteiger partial charge in [0.25, 0.3) is 0 Å². The van der Waals surface area contributed by atoms with Gasteiger partial charge in [0.15, 0.2) is 0 Å². The van der Waals surface area contributed by atoms with Gasteiger partial charge in [-0.3, -0.25) is 4.98 Å². The molecule has 0 amide bonds. The van der Waals surface area contributed by atoms with Crippen molar-refractivity contribution in [3.63, 3.8) is 0 Å². The van der Waals surface area contributed by atoms with E-state index in [1.807, 2.05) is 24.4 Å². The molecule has 0 aliphatic heterocycles. The normalized spacial score (nSPS) is 16.1. The molecule has 14 heavy (non-hydrogen) atoms. The summed E-state index contributed by atoms with van der Waals surface area (Å²) in [6.45, 7) is 0. The lowest BCUT2D eigenvalue weighted by Gasteiger charge is -2.00. The van der Waals surface area contributed by atoms with Gasteiger partial charge in [-0.25, -0.2) is 4.98 Å². The van der Waals surface area contributed by atoms with Crippen LogP contribution in [0.1, 0.15) is 24.5 Å². The third-order valence-corrected chi connectivity index (χ3v) is 3.01. The Balaban J connectivity index is 2.18. The van der Waals surface area contributed by atoms with Crippen LogP contribution in [0.4, 0.5) is 0 Å². The van der Waals surface area contributed by atoms with E-state index in [0.717, 1.165) is 21.2 Å². The highest BCUT2D eigenvalue weighted by Crippen LogP contribution is 2.39. The molecule has 1 saturated carbocycles. The summed E-state index contributed by atoms with van der Waals surface area (Å²) in [5.74, 6) is 0.676. The SMILES string of the molecule is Brc1ccc2nc(C3CC3)cnc2c1. The zero-order valence-corrected chi connectivity index (χ0v) is 9.16. The molecule has 3 heteroatoms. The molecule has 1 aliphatic rings. The Morgan fingerprint density at radius 1 is 1.21 bits per heavy atom. The molecule has 0 unspecified atom stereocenters. The average Bonchev–Trinajstić information content (AvgIpc) is 3.00. The van der Waals surface area contributed by atoms with E-state index in [0.29, 0.717) is 5.92 Å². The molecule has 0 atom stereocenters. The Labute approximate surface area is 90.5 Å². The van der Waals surface area contributed by atoms with Crippen molar-refractivity contribution in [3.8, 4) is 0 Å². The predicted molar refractivity (Wildman–Crippen MR) is 59.2 cm³/mol. The van der Waals surface area contributed by atoms with Gasteiger partial charge in [-0.15, -0.1) is 0 Å². The number of nitrogens with zero attached hydrogens (tertiary/aromatic N) is 2. The highest BCUT2D eigenvalue weighted by atomic mass is 79.9. The van der Waals surface area contributed by atoms with Gasteiger partial charge in [-0.2, -0.15) is 0 Å². The number of halogens is 1. The van der Waals surface area contributed by atoms with Crippen molar-refractivity contribution in [2.45, 2.75) is 18.8 Å². The maximum atomic E-state index is 4.60. The first-order chi connectivity index (χ1) is 6.83. The molecule has 2 aromatic rings. The van der Waals surface area contributed by atoms with Crippen molar-refractivity contribution >= 4 is 27.0 Å². The number of hydrogen-bond acceptors (Lipinski definition) is 2. The minimum atomic E-state index is 0.676. The van der Waals surface area contributed by atoms with Gasteiger partial charge < -0.3 is 0 Å². The Morgan fingerprint density at radius 2 is 2.07 bits per heavy atom. The van der Waals surface area contributed by atoms with Gasteiger partial charge in [-0.05, 0) is 31.0 Å². The molecule has 1 aliphatic carbocycles. The first-order valence-electron chi connectivity index (χ1n) is 4.75. The molecule has 2 nitrogen and oxygen atoms in total. The lowest BCUT2D eigenvalue weighted by atomic mass is 10.2.